The van der Waals surface area contributed by atoms with E-state index in [9.17, 15) is 30.8 Å². The van der Waals surface area contributed by atoms with Crippen molar-refractivity contribution >= 4 is 21.4 Å². The number of carbonyl (C=O) groups excluding carboxylic acids is 1. The maximum atomic E-state index is 14.2. The first-order valence-corrected chi connectivity index (χ1v) is 12.9. The van der Waals surface area contributed by atoms with Crippen LogP contribution in [0.25, 0.3) is 16.8 Å². The minimum Gasteiger partial charge on any atom is -0.322 e. The Morgan fingerprint density at radius 3 is 2.16 bits per heavy atom. The molecule has 4 aromatic rings. The Morgan fingerprint density at radius 2 is 1.57 bits per heavy atom. The van der Waals surface area contributed by atoms with Gasteiger partial charge >= 0.3 is 6.18 Å². The predicted molar refractivity (Wildman–Crippen MR) is 133 cm³/mol. The fraction of sp³-hybridized carbons (Fsp3) is 0.148. The highest BCUT2D eigenvalue weighted by Gasteiger charge is 2.35. The number of aryl methyl sites for hydroxylation is 1. The highest BCUT2D eigenvalue weighted by molar-refractivity contribution is 7.90. The van der Waals surface area contributed by atoms with Gasteiger partial charge < -0.3 is 9.88 Å². The molecule has 0 fully saturated rings. The summed E-state index contributed by atoms with van der Waals surface area (Å²) in [5.41, 5.74) is 0.0849. The Morgan fingerprint density at radius 1 is 0.919 bits per heavy atom. The molecule has 10 heteroatoms. The standard InChI is InChI=1S/C27H22F4N2O3S/c1-16-14-22(26(34)32-19-9-11-20(12-10-19)37(3,35)36)17(2)33(16)25-13-8-18(15-23(25)27(29,30)31)21-6-4-5-7-24(21)28/h4-15H,1-3H3,(H,32,34). The monoisotopic (exact) mass is 530 g/mol. The average Bonchev–Trinajstić information content (AvgIpc) is 3.12. The number of benzene rings is 3. The summed E-state index contributed by atoms with van der Waals surface area (Å²) in [6.07, 6.45) is -3.68. The molecule has 0 atom stereocenters. The molecule has 0 saturated carbocycles. The summed E-state index contributed by atoms with van der Waals surface area (Å²) in [6.45, 7) is 3.11. The molecule has 0 bridgehead atoms. The van der Waals surface area contributed by atoms with E-state index in [0.29, 0.717) is 11.4 Å². The largest absolute Gasteiger partial charge is 0.418 e. The minimum absolute atomic E-state index is 0.0439. The van der Waals surface area contributed by atoms with Gasteiger partial charge in [0.25, 0.3) is 5.91 Å². The molecule has 4 rings (SSSR count). The van der Waals surface area contributed by atoms with E-state index in [1.807, 2.05) is 0 Å². The smallest absolute Gasteiger partial charge is 0.322 e. The number of halogens is 4. The molecule has 1 aromatic heterocycles. The molecule has 37 heavy (non-hydrogen) atoms. The number of nitrogens with one attached hydrogen (secondary N) is 1. The van der Waals surface area contributed by atoms with Gasteiger partial charge in [0.05, 0.1) is 21.7 Å². The van der Waals surface area contributed by atoms with Crippen LogP contribution in [-0.2, 0) is 16.0 Å². The first-order chi connectivity index (χ1) is 17.3. The maximum Gasteiger partial charge on any atom is 0.418 e. The Labute approximate surface area is 211 Å². The summed E-state index contributed by atoms with van der Waals surface area (Å²) in [4.78, 5) is 13.1. The van der Waals surface area contributed by atoms with Crippen molar-refractivity contribution in [3.05, 3.63) is 101 Å². The van der Waals surface area contributed by atoms with Gasteiger partial charge in [0, 0.05) is 28.9 Å². The molecular weight excluding hydrogens is 508 g/mol. The third kappa shape index (κ3) is 5.29. The van der Waals surface area contributed by atoms with Gasteiger partial charge in [0.15, 0.2) is 9.84 Å². The Balaban J connectivity index is 1.73. The zero-order valence-corrected chi connectivity index (χ0v) is 20.8. The summed E-state index contributed by atoms with van der Waals surface area (Å²) in [7, 11) is -3.41. The summed E-state index contributed by atoms with van der Waals surface area (Å²) in [5.74, 6) is -1.21. The van der Waals surface area contributed by atoms with Crippen LogP contribution >= 0.6 is 0 Å². The van der Waals surface area contributed by atoms with Crippen LogP contribution in [0.2, 0.25) is 0 Å². The van der Waals surface area contributed by atoms with Gasteiger partial charge in [0.1, 0.15) is 5.82 Å². The van der Waals surface area contributed by atoms with Crippen LogP contribution in [0.3, 0.4) is 0 Å². The number of amides is 1. The number of rotatable bonds is 5. The van der Waals surface area contributed by atoms with Gasteiger partial charge in [0.2, 0.25) is 0 Å². The van der Waals surface area contributed by atoms with Crippen molar-refractivity contribution in [2.75, 3.05) is 11.6 Å². The zero-order valence-electron chi connectivity index (χ0n) is 20.0. The van der Waals surface area contributed by atoms with E-state index in [4.69, 9.17) is 0 Å². The summed E-state index contributed by atoms with van der Waals surface area (Å²) in [6, 6.07) is 16.2. The summed E-state index contributed by atoms with van der Waals surface area (Å²) < 4.78 is 81.2. The van der Waals surface area contributed by atoms with E-state index in [1.54, 1.807) is 13.0 Å². The lowest BCUT2D eigenvalue weighted by atomic mass is 10.0. The fourth-order valence-electron chi connectivity index (χ4n) is 4.17. The molecule has 0 aliphatic carbocycles. The van der Waals surface area contributed by atoms with Gasteiger partial charge in [-0.1, -0.05) is 24.3 Å². The number of aromatic nitrogens is 1. The van der Waals surface area contributed by atoms with Crippen LogP contribution in [0.5, 0.6) is 0 Å². The number of anilines is 1. The van der Waals surface area contributed by atoms with Gasteiger partial charge in [-0.25, -0.2) is 12.8 Å². The molecule has 192 valence electrons. The Kier molecular flexibility index (Phi) is 6.72. The molecule has 5 nitrogen and oxygen atoms in total. The number of nitrogens with zero attached hydrogens (tertiary/aromatic N) is 1. The van der Waals surface area contributed by atoms with Crippen molar-refractivity contribution in [1.29, 1.82) is 0 Å². The number of alkyl halides is 3. The van der Waals surface area contributed by atoms with E-state index in [0.717, 1.165) is 12.3 Å². The third-order valence-electron chi connectivity index (χ3n) is 5.94. The molecule has 0 aliphatic rings. The number of carbonyl (C=O) groups is 1. The van der Waals surface area contributed by atoms with Crippen molar-refractivity contribution in [1.82, 2.24) is 4.57 Å². The van der Waals surface area contributed by atoms with E-state index in [-0.39, 0.29) is 33.0 Å². The van der Waals surface area contributed by atoms with Gasteiger partial charge in [-0.15, -0.1) is 0 Å². The molecule has 0 spiro atoms. The minimum atomic E-state index is -4.75. The van der Waals surface area contributed by atoms with Crippen LogP contribution < -0.4 is 5.32 Å². The molecule has 0 unspecified atom stereocenters. The van der Waals surface area contributed by atoms with E-state index in [2.05, 4.69) is 5.32 Å². The Bertz CT molecular complexity index is 1610. The van der Waals surface area contributed by atoms with Crippen molar-refractivity contribution in [3.63, 3.8) is 0 Å². The SMILES string of the molecule is Cc1cc(C(=O)Nc2ccc(S(C)(=O)=O)cc2)c(C)n1-c1ccc(-c2ccccc2F)cc1C(F)(F)F. The number of sulfone groups is 1. The topological polar surface area (TPSA) is 68.2 Å². The average molecular weight is 531 g/mol. The second kappa shape index (κ2) is 9.51. The maximum absolute atomic E-state index is 14.2. The summed E-state index contributed by atoms with van der Waals surface area (Å²) in [5, 5.41) is 2.64. The van der Waals surface area contributed by atoms with E-state index in [1.165, 1.54) is 72.2 Å². The van der Waals surface area contributed by atoms with Crippen LogP contribution in [0, 0.1) is 19.7 Å². The van der Waals surface area contributed by atoms with Crippen molar-refractivity contribution in [2.45, 2.75) is 24.9 Å². The number of hydrogen-bond acceptors (Lipinski definition) is 3. The van der Waals surface area contributed by atoms with Gasteiger partial charge in [-0.05, 0) is 67.9 Å². The quantitative estimate of drug-likeness (QED) is 0.297. The van der Waals surface area contributed by atoms with Gasteiger partial charge in [-0.2, -0.15) is 13.2 Å². The molecule has 1 heterocycles. The number of hydrogen-bond donors (Lipinski definition) is 1. The van der Waals surface area contributed by atoms with Gasteiger partial charge in [-0.3, -0.25) is 4.79 Å². The molecule has 0 aliphatic heterocycles. The van der Waals surface area contributed by atoms with Crippen LogP contribution in [0.15, 0.2) is 77.7 Å². The molecular formula is C27H22F4N2O3S. The van der Waals surface area contributed by atoms with E-state index < -0.39 is 33.3 Å². The lowest BCUT2D eigenvalue weighted by Crippen LogP contribution is -2.15. The van der Waals surface area contributed by atoms with Crippen molar-refractivity contribution in [3.8, 4) is 16.8 Å². The van der Waals surface area contributed by atoms with Crippen molar-refractivity contribution < 1.29 is 30.8 Å². The molecule has 0 saturated heterocycles. The summed E-state index contributed by atoms with van der Waals surface area (Å²) >= 11 is 0. The second-order valence-electron chi connectivity index (χ2n) is 8.58. The third-order valence-corrected chi connectivity index (χ3v) is 7.07. The second-order valence-corrected chi connectivity index (χ2v) is 10.6. The van der Waals surface area contributed by atoms with Crippen LogP contribution in [0.1, 0.15) is 27.3 Å². The normalized spacial score (nSPS) is 12.0. The highest BCUT2D eigenvalue weighted by atomic mass is 32.2. The van der Waals surface area contributed by atoms with E-state index >= 15 is 0 Å². The lowest BCUT2D eigenvalue weighted by Gasteiger charge is -2.18. The molecule has 3 aromatic carbocycles. The Hall–Kier alpha value is -3.92. The molecule has 1 amide bonds. The molecule has 1 N–H and O–H groups in total. The van der Waals surface area contributed by atoms with Crippen molar-refractivity contribution in [2.24, 2.45) is 0 Å². The highest BCUT2D eigenvalue weighted by Crippen LogP contribution is 2.38. The first kappa shape index (κ1) is 26.2. The van der Waals surface area contributed by atoms with Crippen LogP contribution in [-0.4, -0.2) is 25.1 Å². The lowest BCUT2D eigenvalue weighted by molar-refractivity contribution is -0.137. The first-order valence-electron chi connectivity index (χ1n) is 11.0. The fourth-order valence-corrected chi connectivity index (χ4v) is 4.80. The predicted octanol–water partition coefficient (Wildman–Crippen LogP) is 6.57. The zero-order chi connectivity index (χ0) is 27.1. The van der Waals surface area contributed by atoms with Crippen LogP contribution in [0.4, 0.5) is 23.2 Å². The molecule has 0 radical (unpaired) electrons.